The lowest BCUT2D eigenvalue weighted by atomic mass is 10.1. The lowest BCUT2D eigenvalue weighted by Crippen LogP contribution is -2.49. The Hall–Kier alpha value is -3.37. The summed E-state index contributed by atoms with van der Waals surface area (Å²) in [6, 6.07) is 11.3. The van der Waals surface area contributed by atoms with Crippen molar-refractivity contribution < 1.29 is 37.0 Å². The maximum atomic E-state index is 12.8. The maximum absolute atomic E-state index is 12.8. The smallest absolute Gasteiger partial charge is 0.416 e. The summed E-state index contributed by atoms with van der Waals surface area (Å²) in [6.45, 7) is 3.53. The van der Waals surface area contributed by atoms with Crippen LogP contribution in [0.15, 0.2) is 52.9 Å². The van der Waals surface area contributed by atoms with Crippen LogP contribution in [-0.4, -0.2) is 46.8 Å². The first-order valence-corrected chi connectivity index (χ1v) is 10.6. The highest BCUT2D eigenvalue weighted by molar-refractivity contribution is 5.73. The van der Waals surface area contributed by atoms with E-state index in [0.29, 0.717) is 42.5 Å². The maximum Gasteiger partial charge on any atom is 0.416 e. The molecule has 180 valence electrons. The molecular formula is C24H23F3N2O5. The number of alkyl halides is 3. The molecule has 1 aliphatic heterocycles. The zero-order valence-electron chi connectivity index (χ0n) is 18.3. The molecule has 4 rings (SSSR count). The van der Waals surface area contributed by atoms with Crippen molar-refractivity contribution in [3.63, 3.8) is 0 Å². The minimum Gasteiger partial charge on any atom is -0.487 e. The summed E-state index contributed by atoms with van der Waals surface area (Å²) in [5.41, 5.74) is 1.19. The minimum atomic E-state index is -4.40. The summed E-state index contributed by atoms with van der Waals surface area (Å²) in [7, 11) is 0. The SMILES string of the molecule is Cc1oc(-c2ccc(C(F)(F)F)cc2)nc1COc1ccc(CN2CCOC[C@H]2C(=O)O)cc1. The van der Waals surface area contributed by atoms with Gasteiger partial charge in [0.1, 0.15) is 29.9 Å². The highest BCUT2D eigenvalue weighted by atomic mass is 19.4. The largest absolute Gasteiger partial charge is 0.487 e. The first-order chi connectivity index (χ1) is 16.2. The lowest BCUT2D eigenvalue weighted by molar-refractivity contribution is -0.150. The number of rotatable bonds is 7. The van der Waals surface area contributed by atoms with Crippen molar-refractivity contribution in [2.24, 2.45) is 0 Å². The molecular weight excluding hydrogens is 453 g/mol. The van der Waals surface area contributed by atoms with Gasteiger partial charge in [-0.1, -0.05) is 12.1 Å². The molecule has 1 fully saturated rings. The molecule has 1 aliphatic rings. The van der Waals surface area contributed by atoms with E-state index in [1.165, 1.54) is 12.1 Å². The van der Waals surface area contributed by atoms with E-state index in [1.807, 2.05) is 17.0 Å². The van der Waals surface area contributed by atoms with Gasteiger partial charge in [-0.2, -0.15) is 13.2 Å². The number of hydrogen-bond donors (Lipinski definition) is 1. The Labute approximate surface area is 193 Å². The number of carboxylic acids is 1. The lowest BCUT2D eigenvalue weighted by Gasteiger charge is -2.32. The Kier molecular flexibility index (Phi) is 6.90. The molecule has 2 aromatic carbocycles. The Morgan fingerprint density at radius 1 is 1.18 bits per heavy atom. The molecule has 1 saturated heterocycles. The number of aryl methyl sites for hydroxylation is 1. The van der Waals surface area contributed by atoms with Crippen LogP contribution >= 0.6 is 0 Å². The van der Waals surface area contributed by atoms with Gasteiger partial charge in [0.25, 0.3) is 0 Å². The van der Waals surface area contributed by atoms with Gasteiger partial charge in [0, 0.05) is 18.7 Å². The van der Waals surface area contributed by atoms with Crippen LogP contribution in [0.25, 0.3) is 11.5 Å². The van der Waals surface area contributed by atoms with Gasteiger partial charge in [-0.25, -0.2) is 4.98 Å². The number of aromatic nitrogens is 1. The van der Waals surface area contributed by atoms with Gasteiger partial charge < -0.3 is 19.0 Å². The van der Waals surface area contributed by atoms with E-state index >= 15 is 0 Å². The third-order valence-corrected chi connectivity index (χ3v) is 5.56. The number of aliphatic carboxylic acids is 1. The van der Waals surface area contributed by atoms with Crippen molar-refractivity contribution in [2.75, 3.05) is 19.8 Å². The number of halogens is 3. The predicted molar refractivity (Wildman–Crippen MR) is 115 cm³/mol. The number of ether oxygens (including phenoxy) is 2. The molecule has 34 heavy (non-hydrogen) atoms. The summed E-state index contributed by atoms with van der Waals surface area (Å²) in [4.78, 5) is 17.6. The second-order valence-corrected chi connectivity index (χ2v) is 7.93. The van der Waals surface area contributed by atoms with E-state index in [2.05, 4.69) is 4.98 Å². The van der Waals surface area contributed by atoms with Gasteiger partial charge in [0.15, 0.2) is 0 Å². The van der Waals surface area contributed by atoms with Crippen LogP contribution in [0, 0.1) is 6.92 Å². The van der Waals surface area contributed by atoms with Gasteiger partial charge in [-0.15, -0.1) is 0 Å². The van der Waals surface area contributed by atoms with E-state index in [0.717, 1.165) is 17.7 Å². The van der Waals surface area contributed by atoms with Crippen LogP contribution in [0.3, 0.4) is 0 Å². The molecule has 0 aliphatic carbocycles. The highest BCUT2D eigenvalue weighted by Crippen LogP contribution is 2.31. The first kappa shape index (κ1) is 23.8. The van der Waals surface area contributed by atoms with Gasteiger partial charge in [-0.3, -0.25) is 9.69 Å². The highest BCUT2D eigenvalue weighted by Gasteiger charge is 2.30. The molecule has 0 unspecified atom stereocenters. The summed E-state index contributed by atoms with van der Waals surface area (Å²) in [5.74, 6) is 0.425. The van der Waals surface area contributed by atoms with Crippen molar-refractivity contribution in [1.29, 1.82) is 0 Å². The topological polar surface area (TPSA) is 85.0 Å². The monoisotopic (exact) mass is 476 g/mol. The summed E-state index contributed by atoms with van der Waals surface area (Å²) < 4.78 is 54.9. The molecule has 1 N–H and O–H groups in total. The standard InChI is InChI=1S/C24H23F3N2O5/c1-15-20(28-22(34-15)17-4-6-18(7-5-17)24(25,26)27)13-33-19-8-2-16(3-9-19)12-29-10-11-32-14-21(29)23(30)31/h2-9,21H,10-14H2,1H3,(H,30,31)/t21-/m0/s1. The summed E-state index contributed by atoms with van der Waals surface area (Å²) in [6.07, 6.45) is -4.40. The molecule has 3 aromatic rings. The third-order valence-electron chi connectivity index (χ3n) is 5.56. The normalized spacial score (nSPS) is 17.0. The average molecular weight is 476 g/mol. The quantitative estimate of drug-likeness (QED) is 0.536. The molecule has 0 saturated carbocycles. The molecule has 1 aromatic heterocycles. The average Bonchev–Trinajstić information content (AvgIpc) is 3.19. The van der Waals surface area contributed by atoms with Crippen LogP contribution in [0.5, 0.6) is 5.75 Å². The third kappa shape index (κ3) is 5.57. The fourth-order valence-electron chi connectivity index (χ4n) is 3.62. The van der Waals surface area contributed by atoms with Gasteiger partial charge in [-0.05, 0) is 48.9 Å². The van der Waals surface area contributed by atoms with Crippen LogP contribution in [-0.2, 0) is 28.9 Å². The Morgan fingerprint density at radius 3 is 2.53 bits per heavy atom. The second-order valence-electron chi connectivity index (χ2n) is 7.93. The fraction of sp³-hybridized carbons (Fsp3) is 0.333. The molecule has 0 spiro atoms. The van der Waals surface area contributed by atoms with Crippen molar-refractivity contribution in [3.8, 4) is 17.2 Å². The van der Waals surface area contributed by atoms with Crippen LogP contribution < -0.4 is 4.74 Å². The molecule has 2 heterocycles. The predicted octanol–water partition coefficient (Wildman–Crippen LogP) is 4.53. The Balaban J connectivity index is 1.36. The van der Waals surface area contributed by atoms with Gasteiger partial charge in [0.2, 0.25) is 5.89 Å². The zero-order valence-corrected chi connectivity index (χ0v) is 18.3. The van der Waals surface area contributed by atoms with Crippen molar-refractivity contribution in [1.82, 2.24) is 9.88 Å². The zero-order chi connectivity index (χ0) is 24.3. The Morgan fingerprint density at radius 2 is 1.88 bits per heavy atom. The van der Waals surface area contributed by atoms with Crippen molar-refractivity contribution in [3.05, 3.63) is 71.1 Å². The molecule has 1 atom stereocenters. The molecule has 10 heteroatoms. The number of morpholine rings is 1. The van der Waals surface area contributed by atoms with Crippen molar-refractivity contribution in [2.45, 2.75) is 32.3 Å². The number of carboxylic acid groups (broad SMARTS) is 1. The summed E-state index contributed by atoms with van der Waals surface area (Å²) >= 11 is 0. The number of benzene rings is 2. The Bertz CT molecular complexity index is 1130. The van der Waals surface area contributed by atoms with Crippen LogP contribution in [0.1, 0.15) is 22.6 Å². The first-order valence-electron chi connectivity index (χ1n) is 10.6. The molecule has 0 bridgehead atoms. The van der Waals surface area contributed by atoms with E-state index in [9.17, 15) is 23.1 Å². The van der Waals surface area contributed by atoms with Gasteiger partial charge >= 0.3 is 12.1 Å². The number of hydrogen-bond acceptors (Lipinski definition) is 6. The van der Waals surface area contributed by atoms with E-state index in [4.69, 9.17) is 13.9 Å². The van der Waals surface area contributed by atoms with Crippen molar-refractivity contribution >= 4 is 5.97 Å². The van der Waals surface area contributed by atoms with E-state index < -0.39 is 23.8 Å². The second kappa shape index (κ2) is 9.86. The van der Waals surface area contributed by atoms with Crippen LogP contribution in [0.2, 0.25) is 0 Å². The van der Waals surface area contributed by atoms with E-state index in [-0.39, 0.29) is 19.1 Å². The molecule has 0 radical (unpaired) electrons. The minimum absolute atomic E-state index is 0.125. The molecule has 7 nitrogen and oxygen atoms in total. The number of carbonyl (C=O) groups is 1. The number of oxazole rings is 1. The molecule has 0 amide bonds. The van der Waals surface area contributed by atoms with Gasteiger partial charge in [0.05, 0.1) is 18.8 Å². The fourth-order valence-corrected chi connectivity index (χ4v) is 3.62. The summed E-state index contributed by atoms with van der Waals surface area (Å²) in [5, 5.41) is 9.35. The number of nitrogens with zero attached hydrogens (tertiary/aromatic N) is 2. The van der Waals surface area contributed by atoms with Crippen LogP contribution in [0.4, 0.5) is 13.2 Å². The van der Waals surface area contributed by atoms with E-state index in [1.54, 1.807) is 19.1 Å².